The van der Waals surface area contributed by atoms with Gasteiger partial charge in [-0.3, -0.25) is 4.79 Å². The van der Waals surface area contributed by atoms with E-state index in [1.54, 1.807) is 0 Å². The highest BCUT2D eigenvalue weighted by molar-refractivity contribution is 7.99. The summed E-state index contributed by atoms with van der Waals surface area (Å²) < 4.78 is 0. The molecule has 3 N–H and O–H groups in total. The third-order valence-corrected chi connectivity index (χ3v) is 3.36. The molecule has 2 unspecified atom stereocenters. The topological polar surface area (TPSA) is 55.1 Å². The van der Waals surface area contributed by atoms with Crippen molar-refractivity contribution in [3.05, 3.63) is 0 Å². The van der Waals surface area contributed by atoms with Crippen molar-refractivity contribution in [2.24, 2.45) is 5.73 Å². The van der Waals surface area contributed by atoms with Crippen molar-refractivity contribution in [3.63, 3.8) is 0 Å². The van der Waals surface area contributed by atoms with Crippen LogP contribution in [0.3, 0.4) is 0 Å². The molecule has 0 saturated carbocycles. The SMILES string of the molecule is CC(CN)SCC1CCC(=O)N1. The van der Waals surface area contributed by atoms with Crippen LogP contribution in [0.2, 0.25) is 0 Å². The van der Waals surface area contributed by atoms with Crippen LogP contribution in [-0.2, 0) is 4.79 Å². The molecule has 4 heteroatoms. The Labute approximate surface area is 77.5 Å². The first kappa shape index (κ1) is 9.86. The van der Waals surface area contributed by atoms with E-state index in [0.717, 1.165) is 12.2 Å². The third kappa shape index (κ3) is 3.03. The molecule has 0 radical (unpaired) electrons. The molecular weight excluding hydrogens is 172 g/mol. The molecule has 0 aromatic carbocycles. The summed E-state index contributed by atoms with van der Waals surface area (Å²) in [5.41, 5.74) is 5.48. The molecule has 1 saturated heterocycles. The van der Waals surface area contributed by atoms with E-state index < -0.39 is 0 Å². The van der Waals surface area contributed by atoms with Crippen molar-refractivity contribution < 1.29 is 4.79 Å². The zero-order valence-electron chi connectivity index (χ0n) is 7.38. The standard InChI is InChI=1S/C8H16N2OS/c1-6(4-9)12-5-7-2-3-8(11)10-7/h6-7H,2-5,9H2,1H3,(H,10,11). The molecule has 1 amide bonds. The highest BCUT2D eigenvalue weighted by Gasteiger charge is 2.20. The van der Waals surface area contributed by atoms with Crippen molar-refractivity contribution in [2.75, 3.05) is 12.3 Å². The Kier molecular flexibility index (Phi) is 3.88. The molecule has 1 rings (SSSR count). The number of hydrogen-bond acceptors (Lipinski definition) is 3. The zero-order valence-corrected chi connectivity index (χ0v) is 8.19. The summed E-state index contributed by atoms with van der Waals surface area (Å²) >= 11 is 1.84. The van der Waals surface area contributed by atoms with Crippen LogP contribution in [0.25, 0.3) is 0 Å². The number of carbonyl (C=O) groups is 1. The Hall–Kier alpha value is -0.220. The molecule has 0 aliphatic carbocycles. The summed E-state index contributed by atoms with van der Waals surface area (Å²) in [6.45, 7) is 2.83. The largest absolute Gasteiger partial charge is 0.353 e. The highest BCUT2D eigenvalue weighted by Crippen LogP contribution is 2.16. The fourth-order valence-corrected chi connectivity index (χ4v) is 2.10. The van der Waals surface area contributed by atoms with Crippen LogP contribution in [0.15, 0.2) is 0 Å². The minimum atomic E-state index is 0.195. The van der Waals surface area contributed by atoms with E-state index in [-0.39, 0.29) is 5.91 Å². The van der Waals surface area contributed by atoms with Gasteiger partial charge in [-0.2, -0.15) is 11.8 Å². The van der Waals surface area contributed by atoms with E-state index in [4.69, 9.17) is 5.73 Å². The average Bonchev–Trinajstić information content (AvgIpc) is 2.47. The predicted octanol–water partition coefficient (Wildman–Crippen LogP) is 0.345. The van der Waals surface area contributed by atoms with E-state index in [0.29, 0.717) is 24.3 Å². The first-order chi connectivity index (χ1) is 5.72. The van der Waals surface area contributed by atoms with E-state index in [1.807, 2.05) is 11.8 Å². The first-order valence-electron chi connectivity index (χ1n) is 4.33. The average molecular weight is 188 g/mol. The second-order valence-corrected chi connectivity index (χ2v) is 4.65. The van der Waals surface area contributed by atoms with Gasteiger partial charge in [-0.25, -0.2) is 0 Å². The summed E-state index contributed by atoms with van der Waals surface area (Å²) in [6, 6.07) is 0.386. The quantitative estimate of drug-likeness (QED) is 0.669. The number of nitrogens with one attached hydrogen (secondary N) is 1. The lowest BCUT2D eigenvalue weighted by Gasteiger charge is -2.12. The lowest BCUT2D eigenvalue weighted by Crippen LogP contribution is -2.28. The Balaban J connectivity index is 2.11. The maximum absolute atomic E-state index is 10.8. The second-order valence-electron chi connectivity index (χ2n) is 3.18. The Morgan fingerprint density at radius 3 is 3.08 bits per heavy atom. The molecule has 0 aromatic rings. The summed E-state index contributed by atoms with van der Waals surface area (Å²) in [5, 5.41) is 3.44. The molecule has 3 nitrogen and oxygen atoms in total. The first-order valence-corrected chi connectivity index (χ1v) is 5.38. The van der Waals surface area contributed by atoms with Crippen LogP contribution in [0.1, 0.15) is 19.8 Å². The molecule has 0 spiro atoms. The highest BCUT2D eigenvalue weighted by atomic mass is 32.2. The molecule has 1 fully saturated rings. The predicted molar refractivity (Wildman–Crippen MR) is 52.1 cm³/mol. The number of nitrogens with two attached hydrogens (primary N) is 1. The summed E-state index contributed by atoms with van der Waals surface area (Å²) in [5.74, 6) is 1.20. The van der Waals surface area contributed by atoms with E-state index >= 15 is 0 Å². The van der Waals surface area contributed by atoms with Crippen LogP contribution in [0, 0.1) is 0 Å². The summed E-state index contributed by atoms with van der Waals surface area (Å²) in [6.07, 6.45) is 1.69. The van der Waals surface area contributed by atoms with Crippen molar-refractivity contribution in [3.8, 4) is 0 Å². The smallest absolute Gasteiger partial charge is 0.220 e. The van der Waals surface area contributed by atoms with Crippen LogP contribution >= 0.6 is 11.8 Å². The van der Waals surface area contributed by atoms with Gasteiger partial charge in [0.25, 0.3) is 0 Å². The minimum Gasteiger partial charge on any atom is -0.353 e. The molecular formula is C8H16N2OS. The number of hydrogen-bond donors (Lipinski definition) is 2. The molecule has 2 atom stereocenters. The van der Waals surface area contributed by atoms with Crippen molar-refractivity contribution >= 4 is 17.7 Å². The fraction of sp³-hybridized carbons (Fsp3) is 0.875. The fourth-order valence-electron chi connectivity index (χ4n) is 1.15. The van der Waals surface area contributed by atoms with E-state index in [2.05, 4.69) is 12.2 Å². The van der Waals surface area contributed by atoms with Crippen LogP contribution < -0.4 is 11.1 Å². The molecule has 70 valence electrons. The van der Waals surface area contributed by atoms with Gasteiger partial charge in [-0.15, -0.1) is 0 Å². The second kappa shape index (κ2) is 4.72. The number of rotatable bonds is 4. The van der Waals surface area contributed by atoms with Gasteiger partial charge < -0.3 is 11.1 Å². The van der Waals surface area contributed by atoms with Crippen molar-refractivity contribution in [2.45, 2.75) is 31.1 Å². The minimum absolute atomic E-state index is 0.195. The van der Waals surface area contributed by atoms with Gasteiger partial charge in [0.05, 0.1) is 0 Å². The van der Waals surface area contributed by atoms with Gasteiger partial charge >= 0.3 is 0 Å². The molecule has 0 bridgehead atoms. The van der Waals surface area contributed by atoms with Crippen molar-refractivity contribution in [1.82, 2.24) is 5.32 Å². The molecule has 1 aliphatic heterocycles. The van der Waals surface area contributed by atoms with Crippen molar-refractivity contribution in [1.29, 1.82) is 0 Å². The Bertz CT molecular complexity index is 163. The third-order valence-electron chi connectivity index (χ3n) is 2.00. The van der Waals surface area contributed by atoms with Crippen LogP contribution in [-0.4, -0.2) is 29.5 Å². The van der Waals surface area contributed by atoms with Gasteiger partial charge in [0.15, 0.2) is 0 Å². The van der Waals surface area contributed by atoms with Gasteiger partial charge in [-0.05, 0) is 6.42 Å². The summed E-state index contributed by atoms with van der Waals surface area (Å²) in [4.78, 5) is 10.8. The van der Waals surface area contributed by atoms with Gasteiger partial charge in [0, 0.05) is 30.0 Å². The summed E-state index contributed by atoms with van der Waals surface area (Å²) in [7, 11) is 0. The number of amides is 1. The molecule has 1 aliphatic rings. The van der Waals surface area contributed by atoms with E-state index in [1.165, 1.54) is 0 Å². The lowest BCUT2D eigenvalue weighted by atomic mass is 10.2. The lowest BCUT2D eigenvalue weighted by molar-refractivity contribution is -0.119. The Morgan fingerprint density at radius 2 is 2.58 bits per heavy atom. The maximum atomic E-state index is 10.8. The monoisotopic (exact) mass is 188 g/mol. The maximum Gasteiger partial charge on any atom is 0.220 e. The van der Waals surface area contributed by atoms with Gasteiger partial charge in [0.2, 0.25) is 5.91 Å². The molecule has 0 aromatic heterocycles. The van der Waals surface area contributed by atoms with Gasteiger partial charge in [-0.1, -0.05) is 6.92 Å². The van der Waals surface area contributed by atoms with Crippen LogP contribution in [0.5, 0.6) is 0 Å². The molecule has 12 heavy (non-hydrogen) atoms. The Morgan fingerprint density at radius 1 is 1.83 bits per heavy atom. The van der Waals surface area contributed by atoms with E-state index in [9.17, 15) is 4.79 Å². The van der Waals surface area contributed by atoms with Gasteiger partial charge in [0.1, 0.15) is 0 Å². The zero-order chi connectivity index (χ0) is 8.97. The molecule has 1 heterocycles. The normalized spacial score (nSPS) is 25.5. The number of carbonyl (C=O) groups excluding carboxylic acids is 1. The van der Waals surface area contributed by atoms with Crippen LogP contribution in [0.4, 0.5) is 0 Å². The number of thioether (sulfide) groups is 1.